The Morgan fingerprint density at radius 3 is 1.79 bits per heavy atom. The first-order chi connectivity index (χ1) is 30.2. The standard InChI is InChI=1S/C58H35NOS/c1-2-9-45-36(8-1)16-17-41-33-43(25-30-47(41)45)59(44-26-31-56-54(35-44)51-10-3-5-14-55(51)60-56)42-23-18-37(19-24-42)46-12-7-13-49-48-27-20-38(32-40(48)22-28-50(46)49)39-21-29-53-52-11-4-6-15-57(52)61-58(53)34-39/h1-35H. The van der Waals surface area contributed by atoms with E-state index in [1.54, 1.807) is 0 Å². The lowest BCUT2D eigenvalue weighted by Crippen LogP contribution is -2.09. The molecule has 2 nitrogen and oxygen atoms in total. The molecule has 0 amide bonds. The number of hydrogen-bond acceptors (Lipinski definition) is 3. The molecule has 0 saturated carbocycles. The number of furan rings is 1. The van der Waals surface area contributed by atoms with E-state index in [1.165, 1.54) is 85.5 Å². The Labute approximate surface area is 355 Å². The number of anilines is 3. The third-order valence-corrected chi connectivity index (χ3v) is 13.8. The summed E-state index contributed by atoms with van der Waals surface area (Å²) in [5.41, 5.74) is 9.94. The van der Waals surface area contributed by atoms with E-state index in [0.717, 1.165) is 39.0 Å². The summed E-state index contributed by atoms with van der Waals surface area (Å²) in [5.74, 6) is 0. The number of thiophene rings is 1. The molecule has 13 aromatic rings. The second-order valence-electron chi connectivity index (χ2n) is 16.1. The predicted molar refractivity (Wildman–Crippen MR) is 262 cm³/mol. The lowest BCUT2D eigenvalue weighted by atomic mass is 9.93. The van der Waals surface area contributed by atoms with Crippen LogP contribution in [0.5, 0.6) is 0 Å². The zero-order valence-electron chi connectivity index (χ0n) is 33.0. The fourth-order valence-corrected chi connectivity index (χ4v) is 10.8. The third kappa shape index (κ3) is 5.48. The molecule has 0 radical (unpaired) electrons. The maximum Gasteiger partial charge on any atom is 0.135 e. The van der Waals surface area contributed by atoms with Crippen molar-refractivity contribution in [3.8, 4) is 22.3 Å². The van der Waals surface area contributed by atoms with E-state index in [1.807, 2.05) is 23.5 Å². The van der Waals surface area contributed by atoms with Crippen molar-refractivity contribution in [2.75, 3.05) is 4.90 Å². The van der Waals surface area contributed by atoms with Gasteiger partial charge in [0.25, 0.3) is 0 Å². The number of benzene rings is 11. The zero-order valence-corrected chi connectivity index (χ0v) is 33.8. The van der Waals surface area contributed by atoms with Crippen LogP contribution in [0.3, 0.4) is 0 Å². The van der Waals surface area contributed by atoms with Gasteiger partial charge < -0.3 is 9.32 Å². The van der Waals surface area contributed by atoms with Crippen LogP contribution < -0.4 is 4.90 Å². The highest BCUT2D eigenvalue weighted by Crippen LogP contribution is 2.43. The highest BCUT2D eigenvalue weighted by molar-refractivity contribution is 7.25. The van der Waals surface area contributed by atoms with Crippen molar-refractivity contribution < 1.29 is 4.42 Å². The predicted octanol–water partition coefficient (Wildman–Crippen LogP) is 17.4. The highest BCUT2D eigenvalue weighted by atomic mass is 32.1. The van der Waals surface area contributed by atoms with Crippen LogP contribution in [0.15, 0.2) is 217 Å². The molecule has 2 aromatic heterocycles. The molecule has 0 aliphatic carbocycles. The second-order valence-corrected chi connectivity index (χ2v) is 17.1. The fourth-order valence-electron chi connectivity index (χ4n) is 9.67. The molecule has 0 bridgehead atoms. The van der Waals surface area contributed by atoms with Crippen molar-refractivity contribution >= 4 is 114 Å². The minimum atomic E-state index is 0.888. The molecule has 0 unspecified atom stereocenters. The Bertz CT molecular complexity index is 3890. The molecule has 3 heteroatoms. The summed E-state index contributed by atoms with van der Waals surface area (Å²) in [6, 6.07) is 77.7. The largest absolute Gasteiger partial charge is 0.456 e. The molecule has 0 aliphatic rings. The zero-order chi connectivity index (χ0) is 40.0. The topological polar surface area (TPSA) is 16.4 Å². The quantitative estimate of drug-likeness (QED) is 0.161. The van der Waals surface area contributed by atoms with Crippen LogP contribution >= 0.6 is 11.3 Å². The lowest BCUT2D eigenvalue weighted by molar-refractivity contribution is 0.669. The number of nitrogens with zero attached hydrogens (tertiary/aromatic N) is 1. The van der Waals surface area contributed by atoms with E-state index in [-0.39, 0.29) is 0 Å². The Kier molecular flexibility index (Phi) is 7.51. The molecule has 13 rings (SSSR count). The van der Waals surface area contributed by atoms with Crippen molar-refractivity contribution in [3.05, 3.63) is 212 Å². The van der Waals surface area contributed by atoms with Crippen molar-refractivity contribution in [1.29, 1.82) is 0 Å². The van der Waals surface area contributed by atoms with Gasteiger partial charge in [-0.05, 0) is 132 Å². The normalized spacial score (nSPS) is 11.9. The molecule has 0 saturated heterocycles. The number of hydrogen-bond donors (Lipinski definition) is 0. The van der Waals surface area contributed by atoms with Crippen LogP contribution in [0.25, 0.3) is 107 Å². The SMILES string of the molecule is c1ccc2c(c1)ccc1cc(N(c3ccc(-c4cccc5c4ccc4cc(-c6ccc7c(c6)sc6ccccc67)ccc45)cc3)c3ccc4oc5ccccc5c4c3)ccc12. The number of rotatable bonds is 5. The van der Waals surface area contributed by atoms with E-state index in [2.05, 4.69) is 205 Å². The molecular formula is C58H35NOS. The van der Waals surface area contributed by atoms with Crippen LogP contribution in [-0.4, -0.2) is 0 Å². The van der Waals surface area contributed by atoms with Gasteiger partial charge in [0.05, 0.1) is 0 Å². The summed E-state index contributed by atoms with van der Waals surface area (Å²) in [7, 11) is 0. The Hall–Kier alpha value is -7.72. The summed E-state index contributed by atoms with van der Waals surface area (Å²) in [6.45, 7) is 0. The summed E-state index contributed by atoms with van der Waals surface area (Å²) >= 11 is 1.87. The molecule has 284 valence electrons. The van der Waals surface area contributed by atoms with E-state index >= 15 is 0 Å². The molecule has 2 heterocycles. The monoisotopic (exact) mass is 793 g/mol. The lowest BCUT2D eigenvalue weighted by Gasteiger charge is -2.26. The van der Waals surface area contributed by atoms with Gasteiger partial charge in [-0.15, -0.1) is 11.3 Å². The fraction of sp³-hybridized carbons (Fsp3) is 0. The number of para-hydroxylation sites is 1. The van der Waals surface area contributed by atoms with Crippen LogP contribution in [0.1, 0.15) is 0 Å². The molecule has 0 fully saturated rings. The van der Waals surface area contributed by atoms with Gasteiger partial charge in [-0.25, -0.2) is 0 Å². The first-order valence-corrected chi connectivity index (χ1v) is 21.6. The summed E-state index contributed by atoms with van der Waals surface area (Å²) in [4.78, 5) is 2.37. The molecule has 61 heavy (non-hydrogen) atoms. The molecular weight excluding hydrogens is 759 g/mol. The van der Waals surface area contributed by atoms with Crippen molar-refractivity contribution in [2.24, 2.45) is 0 Å². The van der Waals surface area contributed by atoms with Gasteiger partial charge in [0.1, 0.15) is 11.2 Å². The first-order valence-electron chi connectivity index (χ1n) is 20.8. The molecule has 0 aliphatic heterocycles. The van der Waals surface area contributed by atoms with E-state index < -0.39 is 0 Å². The Morgan fingerprint density at radius 1 is 0.295 bits per heavy atom. The van der Waals surface area contributed by atoms with Gasteiger partial charge >= 0.3 is 0 Å². The van der Waals surface area contributed by atoms with Crippen molar-refractivity contribution in [2.45, 2.75) is 0 Å². The van der Waals surface area contributed by atoms with Crippen molar-refractivity contribution in [3.63, 3.8) is 0 Å². The minimum absolute atomic E-state index is 0.888. The summed E-state index contributed by atoms with van der Waals surface area (Å²) in [5, 5.41) is 14.9. The van der Waals surface area contributed by atoms with Gasteiger partial charge in [-0.1, -0.05) is 146 Å². The van der Waals surface area contributed by atoms with Gasteiger partial charge in [0, 0.05) is 48.0 Å². The molecule has 0 atom stereocenters. The van der Waals surface area contributed by atoms with E-state index in [0.29, 0.717) is 0 Å². The third-order valence-electron chi connectivity index (χ3n) is 12.6. The Balaban J connectivity index is 0.897. The highest BCUT2D eigenvalue weighted by Gasteiger charge is 2.18. The van der Waals surface area contributed by atoms with Crippen LogP contribution in [0.4, 0.5) is 17.1 Å². The Morgan fingerprint density at radius 2 is 0.869 bits per heavy atom. The van der Waals surface area contributed by atoms with Gasteiger partial charge in [0.2, 0.25) is 0 Å². The van der Waals surface area contributed by atoms with E-state index in [9.17, 15) is 0 Å². The second kappa shape index (κ2) is 13.4. The first kappa shape index (κ1) is 34.2. The maximum atomic E-state index is 6.26. The van der Waals surface area contributed by atoms with Crippen molar-refractivity contribution in [1.82, 2.24) is 0 Å². The summed E-state index contributed by atoms with van der Waals surface area (Å²) < 4.78 is 8.92. The minimum Gasteiger partial charge on any atom is -0.456 e. The average Bonchev–Trinajstić information content (AvgIpc) is 3.89. The summed E-state index contributed by atoms with van der Waals surface area (Å²) in [6.07, 6.45) is 0. The van der Waals surface area contributed by atoms with E-state index in [4.69, 9.17) is 4.42 Å². The van der Waals surface area contributed by atoms with Gasteiger partial charge in [-0.3, -0.25) is 0 Å². The van der Waals surface area contributed by atoms with Gasteiger partial charge in [-0.2, -0.15) is 0 Å². The molecule has 0 N–H and O–H groups in total. The van der Waals surface area contributed by atoms with Gasteiger partial charge in [0.15, 0.2) is 0 Å². The molecule has 11 aromatic carbocycles. The maximum absolute atomic E-state index is 6.26. The van der Waals surface area contributed by atoms with Crippen LogP contribution in [0.2, 0.25) is 0 Å². The number of fused-ring (bicyclic) bond motifs is 12. The smallest absolute Gasteiger partial charge is 0.135 e. The molecule has 0 spiro atoms. The van der Waals surface area contributed by atoms with Crippen LogP contribution in [0, 0.1) is 0 Å². The van der Waals surface area contributed by atoms with Crippen LogP contribution in [-0.2, 0) is 0 Å². The average molecular weight is 794 g/mol.